The minimum atomic E-state index is 0.00951. The summed E-state index contributed by atoms with van der Waals surface area (Å²) in [6, 6.07) is 13.1. The average Bonchev–Trinajstić information content (AvgIpc) is 2.67. The lowest BCUT2D eigenvalue weighted by atomic mass is 10.2. The van der Waals surface area contributed by atoms with Crippen molar-refractivity contribution in [2.45, 2.75) is 6.92 Å². The molecule has 1 heterocycles. The lowest BCUT2D eigenvalue weighted by Gasteiger charge is -2.29. The number of ether oxygens (including phenoxy) is 1. The smallest absolute Gasteiger partial charge is 0.279 e. The lowest BCUT2D eigenvalue weighted by Crippen LogP contribution is -3.28. The molecule has 1 fully saturated rings. The number of aryl methyl sites for hydroxylation is 1. The first-order valence-electron chi connectivity index (χ1n) is 9.61. The molecule has 1 amide bonds. The first-order chi connectivity index (χ1) is 13.5. The molecule has 0 saturated carbocycles. The molecular formula is C21H27Cl2N3O2+2. The maximum absolute atomic E-state index is 12.3. The Labute approximate surface area is 176 Å². The Bertz CT molecular complexity index is 791. The summed E-state index contributed by atoms with van der Waals surface area (Å²) in [5.74, 6) is 0.856. The van der Waals surface area contributed by atoms with Crippen molar-refractivity contribution in [2.24, 2.45) is 0 Å². The maximum Gasteiger partial charge on any atom is 0.279 e. The van der Waals surface area contributed by atoms with Crippen molar-refractivity contribution in [1.29, 1.82) is 0 Å². The van der Waals surface area contributed by atoms with Crippen LogP contribution < -0.4 is 19.9 Å². The van der Waals surface area contributed by atoms with E-state index in [9.17, 15) is 4.79 Å². The van der Waals surface area contributed by atoms with E-state index in [1.165, 1.54) is 9.80 Å². The van der Waals surface area contributed by atoms with Crippen molar-refractivity contribution >= 4 is 34.8 Å². The van der Waals surface area contributed by atoms with E-state index in [0.29, 0.717) is 28.9 Å². The van der Waals surface area contributed by atoms with E-state index in [2.05, 4.69) is 5.32 Å². The molecule has 1 saturated heterocycles. The predicted molar refractivity (Wildman–Crippen MR) is 113 cm³/mol. The zero-order valence-corrected chi connectivity index (χ0v) is 17.6. The summed E-state index contributed by atoms with van der Waals surface area (Å²) in [5.41, 5.74) is 1.76. The number of quaternary nitrogens is 2. The van der Waals surface area contributed by atoms with Crippen molar-refractivity contribution in [3.8, 4) is 5.75 Å². The van der Waals surface area contributed by atoms with Crippen LogP contribution in [0.3, 0.4) is 0 Å². The number of carbonyl (C=O) groups excluding carboxylic acids is 1. The third-order valence-corrected chi connectivity index (χ3v) is 5.58. The Morgan fingerprint density at radius 1 is 1.04 bits per heavy atom. The number of nitrogens with one attached hydrogen (secondary N) is 3. The van der Waals surface area contributed by atoms with Gasteiger partial charge in [-0.05, 0) is 48.9 Å². The fourth-order valence-corrected chi connectivity index (χ4v) is 3.78. The molecule has 3 rings (SSSR count). The number of benzene rings is 2. The van der Waals surface area contributed by atoms with Crippen LogP contribution in [-0.4, -0.2) is 51.8 Å². The highest BCUT2D eigenvalue weighted by Gasteiger charge is 2.24. The third-order valence-electron chi connectivity index (χ3n) is 5.01. The summed E-state index contributed by atoms with van der Waals surface area (Å²) in [5, 5.41) is 4.22. The Balaban J connectivity index is 1.35. The average molecular weight is 424 g/mol. The van der Waals surface area contributed by atoms with Crippen molar-refractivity contribution < 1.29 is 19.3 Å². The number of anilines is 1. The molecule has 3 N–H and O–H groups in total. The molecule has 1 aliphatic heterocycles. The Morgan fingerprint density at radius 3 is 2.39 bits per heavy atom. The standard InChI is InChI=1S/C21H25Cl2N3O2/c1-16-2-7-20(19(23)14-16)24-21(27)15-26-10-8-25(9-11-26)12-13-28-18-5-3-17(22)4-6-18/h2-7,14H,8-13,15H2,1H3,(H,24,27)/p+2. The van der Waals surface area contributed by atoms with Crippen LogP contribution in [-0.2, 0) is 4.79 Å². The second kappa shape index (κ2) is 10.1. The first-order valence-corrected chi connectivity index (χ1v) is 10.4. The van der Waals surface area contributed by atoms with Crippen LogP contribution in [0.15, 0.2) is 42.5 Å². The van der Waals surface area contributed by atoms with Gasteiger partial charge in [-0.25, -0.2) is 0 Å². The fraction of sp³-hybridized carbons (Fsp3) is 0.381. The molecule has 2 aromatic rings. The van der Waals surface area contributed by atoms with E-state index < -0.39 is 0 Å². The first kappa shape index (κ1) is 20.9. The van der Waals surface area contributed by atoms with Gasteiger partial charge in [-0.2, -0.15) is 0 Å². The van der Waals surface area contributed by atoms with Gasteiger partial charge >= 0.3 is 0 Å². The van der Waals surface area contributed by atoms with Crippen molar-refractivity contribution in [2.75, 3.05) is 51.2 Å². The van der Waals surface area contributed by atoms with E-state index in [-0.39, 0.29) is 5.91 Å². The summed E-state index contributed by atoms with van der Waals surface area (Å²) in [6.45, 7) is 8.12. The molecule has 0 spiro atoms. The largest absolute Gasteiger partial charge is 0.488 e. The Kier molecular flexibility index (Phi) is 7.57. The van der Waals surface area contributed by atoms with E-state index in [0.717, 1.165) is 44.0 Å². The number of hydrogen-bond donors (Lipinski definition) is 3. The van der Waals surface area contributed by atoms with Crippen LogP contribution in [0.1, 0.15) is 5.56 Å². The Hall–Kier alpha value is -1.79. The minimum absolute atomic E-state index is 0.00951. The van der Waals surface area contributed by atoms with Crippen LogP contribution in [0.4, 0.5) is 5.69 Å². The van der Waals surface area contributed by atoms with Gasteiger partial charge in [-0.1, -0.05) is 29.3 Å². The van der Waals surface area contributed by atoms with Gasteiger partial charge in [-0.3, -0.25) is 4.79 Å². The zero-order chi connectivity index (χ0) is 19.9. The van der Waals surface area contributed by atoms with Gasteiger partial charge in [0.1, 0.15) is 45.1 Å². The van der Waals surface area contributed by atoms with Gasteiger partial charge in [0.25, 0.3) is 5.91 Å². The van der Waals surface area contributed by atoms with Crippen LogP contribution >= 0.6 is 23.2 Å². The molecule has 0 aromatic heterocycles. The van der Waals surface area contributed by atoms with Crippen molar-refractivity contribution in [3.05, 3.63) is 58.1 Å². The normalized spacial score (nSPS) is 19.2. The number of rotatable bonds is 7. The van der Waals surface area contributed by atoms with E-state index >= 15 is 0 Å². The molecule has 5 nitrogen and oxygen atoms in total. The molecular weight excluding hydrogens is 397 g/mol. The number of piperazine rings is 1. The predicted octanol–water partition coefficient (Wildman–Crippen LogP) is 1.10. The van der Waals surface area contributed by atoms with E-state index in [1.807, 2.05) is 49.4 Å². The number of hydrogen-bond acceptors (Lipinski definition) is 2. The molecule has 0 aliphatic carbocycles. The molecule has 0 atom stereocenters. The lowest BCUT2D eigenvalue weighted by molar-refractivity contribution is -1.01. The summed E-state index contributed by atoms with van der Waals surface area (Å²) >= 11 is 12.1. The van der Waals surface area contributed by atoms with Crippen molar-refractivity contribution in [3.63, 3.8) is 0 Å². The monoisotopic (exact) mass is 423 g/mol. The highest BCUT2D eigenvalue weighted by Crippen LogP contribution is 2.22. The van der Waals surface area contributed by atoms with Crippen LogP contribution in [0, 0.1) is 6.92 Å². The molecule has 150 valence electrons. The second-order valence-electron chi connectivity index (χ2n) is 7.26. The number of carbonyl (C=O) groups is 1. The summed E-state index contributed by atoms with van der Waals surface area (Å²) in [7, 11) is 0. The van der Waals surface area contributed by atoms with Gasteiger partial charge in [0.05, 0.1) is 10.7 Å². The van der Waals surface area contributed by atoms with Crippen LogP contribution in [0.2, 0.25) is 10.0 Å². The molecule has 28 heavy (non-hydrogen) atoms. The van der Waals surface area contributed by atoms with Crippen molar-refractivity contribution in [1.82, 2.24) is 0 Å². The quantitative estimate of drug-likeness (QED) is 0.624. The molecule has 0 unspecified atom stereocenters. The third kappa shape index (κ3) is 6.38. The highest BCUT2D eigenvalue weighted by molar-refractivity contribution is 6.33. The summed E-state index contributed by atoms with van der Waals surface area (Å²) < 4.78 is 5.78. The summed E-state index contributed by atoms with van der Waals surface area (Å²) in [4.78, 5) is 15.1. The van der Waals surface area contributed by atoms with Gasteiger partial charge in [-0.15, -0.1) is 0 Å². The Morgan fingerprint density at radius 2 is 1.71 bits per heavy atom. The van der Waals surface area contributed by atoms with Gasteiger partial charge in [0, 0.05) is 5.02 Å². The minimum Gasteiger partial charge on any atom is -0.488 e. The van der Waals surface area contributed by atoms with Crippen LogP contribution in [0.5, 0.6) is 5.75 Å². The fourth-order valence-electron chi connectivity index (χ4n) is 3.37. The van der Waals surface area contributed by atoms with Crippen LogP contribution in [0.25, 0.3) is 0 Å². The molecule has 0 radical (unpaired) electrons. The zero-order valence-electron chi connectivity index (χ0n) is 16.1. The molecule has 7 heteroatoms. The topological polar surface area (TPSA) is 47.2 Å². The van der Waals surface area contributed by atoms with Gasteiger partial charge in [0.15, 0.2) is 6.54 Å². The highest BCUT2D eigenvalue weighted by atomic mass is 35.5. The van der Waals surface area contributed by atoms with Gasteiger partial charge in [0.2, 0.25) is 0 Å². The van der Waals surface area contributed by atoms with E-state index in [1.54, 1.807) is 0 Å². The summed E-state index contributed by atoms with van der Waals surface area (Å²) in [6.07, 6.45) is 0. The molecule has 1 aliphatic rings. The number of halogens is 2. The van der Waals surface area contributed by atoms with E-state index in [4.69, 9.17) is 27.9 Å². The number of amides is 1. The second-order valence-corrected chi connectivity index (χ2v) is 8.10. The SMILES string of the molecule is Cc1ccc(NC(=O)C[NH+]2CC[NH+](CCOc3ccc(Cl)cc3)CC2)c(Cl)c1. The molecule has 2 aromatic carbocycles. The van der Waals surface area contributed by atoms with Gasteiger partial charge < -0.3 is 19.9 Å². The maximum atomic E-state index is 12.3. The molecule has 0 bridgehead atoms.